The molecule has 0 N–H and O–H groups in total. The molecule has 31 heavy (non-hydrogen) atoms. The Morgan fingerprint density at radius 1 is 0.839 bits per heavy atom. The van der Waals surface area contributed by atoms with Gasteiger partial charge in [-0.05, 0) is 44.6 Å². The zero-order valence-electron chi connectivity index (χ0n) is 18.4. The zero-order valence-corrected chi connectivity index (χ0v) is 18.4. The fraction of sp³-hybridized carbons (Fsp3) is 0.214. The number of rotatable bonds is 7. The van der Waals surface area contributed by atoms with Crippen LogP contribution in [0.1, 0.15) is 29.3 Å². The number of benzene rings is 3. The number of hydrogen-bond acceptors (Lipinski definition) is 3. The summed E-state index contributed by atoms with van der Waals surface area (Å²) in [5.41, 5.74) is 4.22. The van der Waals surface area contributed by atoms with Gasteiger partial charge in [0.1, 0.15) is 0 Å². The standard InChI is InChI=1S/C28H28N2O/c1-4-28(30(2)3,20-21-10-6-5-7-11-21)27(31)24-16-14-23(15-17-24)26-19-18-22-12-8-9-13-25(22)29-26/h5-19H,4,20H2,1-3H3. The van der Waals surface area contributed by atoms with Gasteiger partial charge in [-0.2, -0.15) is 0 Å². The highest BCUT2D eigenvalue weighted by atomic mass is 16.1. The van der Waals surface area contributed by atoms with Gasteiger partial charge in [0, 0.05) is 16.5 Å². The minimum absolute atomic E-state index is 0.155. The number of nitrogens with zero attached hydrogens (tertiary/aromatic N) is 2. The minimum Gasteiger partial charge on any atom is -0.297 e. The number of likely N-dealkylation sites (N-methyl/N-ethyl adjacent to an activating group) is 1. The molecule has 0 fully saturated rings. The van der Waals surface area contributed by atoms with Crippen molar-refractivity contribution in [2.45, 2.75) is 25.3 Å². The van der Waals surface area contributed by atoms with Gasteiger partial charge in [0.15, 0.2) is 5.78 Å². The Hall–Kier alpha value is -3.30. The average Bonchev–Trinajstić information content (AvgIpc) is 2.82. The van der Waals surface area contributed by atoms with Gasteiger partial charge in [0.05, 0.1) is 16.7 Å². The van der Waals surface area contributed by atoms with E-state index in [-0.39, 0.29) is 5.78 Å². The topological polar surface area (TPSA) is 33.2 Å². The second-order valence-electron chi connectivity index (χ2n) is 8.24. The lowest BCUT2D eigenvalue weighted by Gasteiger charge is -2.38. The molecule has 156 valence electrons. The lowest BCUT2D eigenvalue weighted by Crippen LogP contribution is -2.52. The lowest BCUT2D eigenvalue weighted by atomic mass is 9.80. The van der Waals surface area contributed by atoms with Crippen LogP contribution < -0.4 is 0 Å². The van der Waals surface area contributed by atoms with Gasteiger partial charge in [0.2, 0.25) is 0 Å². The summed E-state index contributed by atoms with van der Waals surface area (Å²) in [6, 6.07) is 30.4. The molecule has 0 saturated heterocycles. The van der Waals surface area contributed by atoms with Crippen molar-refractivity contribution in [2.75, 3.05) is 14.1 Å². The van der Waals surface area contributed by atoms with E-state index in [4.69, 9.17) is 4.98 Å². The minimum atomic E-state index is -0.579. The third kappa shape index (κ3) is 4.14. The van der Waals surface area contributed by atoms with Crippen LogP contribution in [0, 0.1) is 0 Å². The number of carbonyl (C=O) groups excluding carboxylic acids is 1. The lowest BCUT2D eigenvalue weighted by molar-refractivity contribution is 0.0666. The number of carbonyl (C=O) groups is 1. The maximum atomic E-state index is 13.7. The molecule has 0 amide bonds. The highest BCUT2D eigenvalue weighted by Gasteiger charge is 2.39. The molecule has 0 spiro atoms. The smallest absolute Gasteiger partial charge is 0.183 e. The molecule has 3 nitrogen and oxygen atoms in total. The molecule has 0 radical (unpaired) electrons. The van der Waals surface area contributed by atoms with E-state index in [1.807, 2.05) is 80.8 Å². The molecule has 0 aliphatic heterocycles. The first-order valence-electron chi connectivity index (χ1n) is 10.8. The van der Waals surface area contributed by atoms with Crippen molar-refractivity contribution in [2.24, 2.45) is 0 Å². The van der Waals surface area contributed by atoms with E-state index in [0.717, 1.165) is 34.1 Å². The average molecular weight is 409 g/mol. The highest BCUT2D eigenvalue weighted by Crippen LogP contribution is 2.29. The molecule has 0 aliphatic carbocycles. The summed E-state index contributed by atoms with van der Waals surface area (Å²) in [7, 11) is 4.00. The van der Waals surface area contributed by atoms with E-state index in [2.05, 4.69) is 36.1 Å². The molecule has 1 aromatic heterocycles. The Kier molecular flexibility index (Phi) is 5.97. The Bertz CT molecular complexity index is 1180. The van der Waals surface area contributed by atoms with Gasteiger partial charge in [-0.25, -0.2) is 4.98 Å². The van der Waals surface area contributed by atoms with Gasteiger partial charge in [-0.3, -0.25) is 9.69 Å². The van der Waals surface area contributed by atoms with Gasteiger partial charge in [-0.1, -0.05) is 85.8 Å². The monoisotopic (exact) mass is 408 g/mol. The van der Waals surface area contributed by atoms with Gasteiger partial charge >= 0.3 is 0 Å². The number of ketones is 1. The summed E-state index contributed by atoms with van der Waals surface area (Å²) < 4.78 is 0. The summed E-state index contributed by atoms with van der Waals surface area (Å²) in [5, 5.41) is 1.12. The van der Waals surface area contributed by atoms with Crippen LogP contribution in [-0.2, 0) is 6.42 Å². The fourth-order valence-electron chi connectivity index (χ4n) is 4.26. The Morgan fingerprint density at radius 3 is 2.19 bits per heavy atom. The first-order valence-corrected chi connectivity index (χ1v) is 10.8. The third-order valence-corrected chi connectivity index (χ3v) is 6.24. The third-order valence-electron chi connectivity index (χ3n) is 6.24. The van der Waals surface area contributed by atoms with Crippen LogP contribution in [0.3, 0.4) is 0 Å². The largest absolute Gasteiger partial charge is 0.297 e. The van der Waals surface area contributed by atoms with E-state index < -0.39 is 5.54 Å². The van der Waals surface area contributed by atoms with E-state index in [0.29, 0.717) is 6.42 Å². The van der Waals surface area contributed by atoms with E-state index in [1.54, 1.807) is 0 Å². The molecule has 3 heteroatoms. The molecule has 4 aromatic rings. The first kappa shape index (κ1) is 21.0. The van der Waals surface area contributed by atoms with Crippen LogP contribution in [0.2, 0.25) is 0 Å². The summed E-state index contributed by atoms with van der Waals surface area (Å²) in [5.74, 6) is 0.155. The molecule has 1 heterocycles. The van der Waals surface area contributed by atoms with Crippen LogP contribution in [-0.4, -0.2) is 35.3 Å². The predicted molar refractivity (Wildman–Crippen MR) is 128 cm³/mol. The molecule has 3 aromatic carbocycles. The number of fused-ring (bicyclic) bond motifs is 1. The highest BCUT2D eigenvalue weighted by molar-refractivity contribution is 6.03. The normalized spacial score (nSPS) is 13.3. The van der Waals surface area contributed by atoms with Crippen LogP contribution in [0.4, 0.5) is 0 Å². The number of aromatic nitrogens is 1. The Morgan fingerprint density at radius 2 is 1.52 bits per heavy atom. The van der Waals surface area contributed by atoms with Crippen LogP contribution in [0.5, 0.6) is 0 Å². The first-order chi connectivity index (χ1) is 15.0. The van der Waals surface area contributed by atoms with E-state index in [1.165, 1.54) is 5.56 Å². The molecule has 1 atom stereocenters. The fourth-order valence-corrected chi connectivity index (χ4v) is 4.26. The second-order valence-corrected chi connectivity index (χ2v) is 8.24. The van der Waals surface area contributed by atoms with Gasteiger partial charge in [-0.15, -0.1) is 0 Å². The maximum Gasteiger partial charge on any atom is 0.183 e. The van der Waals surface area contributed by atoms with Gasteiger partial charge in [0.25, 0.3) is 0 Å². The predicted octanol–water partition coefficient (Wildman–Crippen LogP) is 6.04. The second kappa shape index (κ2) is 8.83. The summed E-state index contributed by atoms with van der Waals surface area (Å²) in [4.78, 5) is 20.6. The Labute approximate surface area is 184 Å². The van der Waals surface area contributed by atoms with E-state index >= 15 is 0 Å². The number of hydrogen-bond donors (Lipinski definition) is 0. The molecule has 4 rings (SSSR count). The van der Waals surface area contributed by atoms with Crippen LogP contribution in [0.15, 0.2) is 91.0 Å². The number of Topliss-reactive ketones (excluding diaryl/α,β-unsaturated/α-hetero) is 1. The van der Waals surface area contributed by atoms with Crippen molar-refractivity contribution in [3.63, 3.8) is 0 Å². The molecule has 0 saturated carbocycles. The van der Waals surface area contributed by atoms with Crippen molar-refractivity contribution in [1.82, 2.24) is 9.88 Å². The summed E-state index contributed by atoms with van der Waals surface area (Å²) >= 11 is 0. The molecular weight excluding hydrogens is 380 g/mol. The zero-order chi connectivity index (χ0) is 21.8. The molecule has 0 aliphatic rings. The van der Waals surface area contributed by atoms with Gasteiger partial charge < -0.3 is 0 Å². The van der Waals surface area contributed by atoms with Crippen molar-refractivity contribution < 1.29 is 4.79 Å². The molecular formula is C28H28N2O. The number of para-hydroxylation sites is 1. The maximum absolute atomic E-state index is 13.7. The van der Waals surface area contributed by atoms with Crippen molar-refractivity contribution in [1.29, 1.82) is 0 Å². The SMILES string of the molecule is CCC(Cc1ccccc1)(C(=O)c1ccc(-c2ccc3ccccc3n2)cc1)N(C)C. The molecule has 1 unspecified atom stereocenters. The van der Waals surface area contributed by atoms with Crippen LogP contribution in [0.25, 0.3) is 22.2 Å². The van der Waals surface area contributed by atoms with Crippen LogP contribution >= 0.6 is 0 Å². The van der Waals surface area contributed by atoms with E-state index in [9.17, 15) is 4.79 Å². The van der Waals surface area contributed by atoms with Crippen molar-refractivity contribution in [3.05, 3.63) is 102 Å². The summed E-state index contributed by atoms with van der Waals surface area (Å²) in [6.07, 6.45) is 1.42. The number of pyridine rings is 1. The Balaban J connectivity index is 1.65. The van der Waals surface area contributed by atoms with Crippen molar-refractivity contribution >= 4 is 16.7 Å². The quantitative estimate of drug-likeness (QED) is 0.350. The summed E-state index contributed by atoms with van der Waals surface area (Å²) in [6.45, 7) is 2.09. The van der Waals surface area contributed by atoms with Crippen molar-refractivity contribution in [3.8, 4) is 11.3 Å². The molecule has 0 bridgehead atoms.